The Morgan fingerprint density at radius 3 is 2.44 bits per heavy atom. The second-order valence-corrected chi connectivity index (χ2v) is 6.35. The van der Waals surface area contributed by atoms with Gasteiger partial charge in [-0.15, -0.1) is 0 Å². The van der Waals surface area contributed by atoms with E-state index in [1.165, 1.54) is 0 Å². The van der Waals surface area contributed by atoms with Gasteiger partial charge in [-0.2, -0.15) is 0 Å². The maximum atomic E-state index is 11.7. The summed E-state index contributed by atoms with van der Waals surface area (Å²) < 4.78 is 24.5. The minimum absolute atomic E-state index is 0.167. The van der Waals surface area contributed by atoms with Gasteiger partial charge in [-0.1, -0.05) is 18.2 Å². The lowest BCUT2D eigenvalue weighted by Crippen LogP contribution is -2.41. The molecule has 5 nitrogen and oxygen atoms in total. The van der Waals surface area contributed by atoms with Crippen LogP contribution < -0.4 is 9.62 Å². The van der Waals surface area contributed by atoms with E-state index in [-0.39, 0.29) is 18.5 Å². The molecule has 0 aromatic heterocycles. The van der Waals surface area contributed by atoms with Crippen molar-refractivity contribution in [2.45, 2.75) is 18.9 Å². The highest BCUT2D eigenvalue weighted by atomic mass is 32.2. The summed E-state index contributed by atoms with van der Waals surface area (Å²) in [6.45, 7) is -0.167. The first-order valence-electron chi connectivity index (χ1n) is 5.79. The van der Waals surface area contributed by atoms with Gasteiger partial charge in [0.15, 0.2) is 0 Å². The standard InChI is InChI=1S/C12H16N2O3S/c1-18(16,17)14(11-5-3-2-4-6-11)9-12(15)13-10-7-8-10/h2-6,10H,7-9H2,1H3,(H,13,15). The Morgan fingerprint density at radius 2 is 1.94 bits per heavy atom. The van der Waals surface area contributed by atoms with E-state index in [0.29, 0.717) is 5.69 Å². The third-order valence-corrected chi connectivity index (χ3v) is 3.81. The third kappa shape index (κ3) is 3.46. The van der Waals surface area contributed by atoms with E-state index >= 15 is 0 Å². The van der Waals surface area contributed by atoms with Crippen LogP contribution in [0.25, 0.3) is 0 Å². The van der Waals surface area contributed by atoms with Crippen LogP contribution in [0.5, 0.6) is 0 Å². The highest BCUT2D eigenvalue weighted by Gasteiger charge is 2.26. The summed E-state index contributed by atoms with van der Waals surface area (Å²) in [6, 6.07) is 8.86. The Balaban J connectivity index is 2.13. The molecule has 6 heteroatoms. The zero-order chi connectivity index (χ0) is 13.2. The quantitative estimate of drug-likeness (QED) is 0.856. The number of para-hydroxylation sites is 1. The molecular weight excluding hydrogens is 252 g/mol. The zero-order valence-corrected chi connectivity index (χ0v) is 11.0. The molecule has 1 aromatic rings. The number of rotatable bonds is 5. The third-order valence-electron chi connectivity index (χ3n) is 2.67. The first-order chi connectivity index (χ1) is 8.47. The molecule has 18 heavy (non-hydrogen) atoms. The summed E-state index contributed by atoms with van der Waals surface area (Å²) in [7, 11) is -3.46. The van der Waals surface area contributed by atoms with Gasteiger partial charge in [-0.25, -0.2) is 8.42 Å². The largest absolute Gasteiger partial charge is 0.352 e. The molecular formula is C12H16N2O3S. The Morgan fingerprint density at radius 1 is 1.33 bits per heavy atom. The first kappa shape index (κ1) is 12.9. The van der Waals surface area contributed by atoms with Gasteiger partial charge in [0.25, 0.3) is 0 Å². The number of hydrogen-bond acceptors (Lipinski definition) is 3. The Bertz CT molecular complexity index is 524. The van der Waals surface area contributed by atoms with Gasteiger partial charge in [0.2, 0.25) is 15.9 Å². The van der Waals surface area contributed by atoms with Crippen molar-refractivity contribution in [2.24, 2.45) is 0 Å². The Labute approximate surface area is 107 Å². The van der Waals surface area contributed by atoms with E-state index in [4.69, 9.17) is 0 Å². The van der Waals surface area contributed by atoms with Crippen molar-refractivity contribution in [3.05, 3.63) is 30.3 Å². The summed E-state index contributed by atoms with van der Waals surface area (Å²) >= 11 is 0. The topological polar surface area (TPSA) is 66.5 Å². The summed E-state index contributed by atoms with van der Waals surface area (Å²) in [5.74, 6) is -0.258. The molecule has 1 N–H and O–H groups in total. The highest BCUT2D eigenvalue weighted by molar-refractivity contribution is 7.92. The molecule has 98 valence electrons. The fourth-order valence-electron chi connectivity index (χ4n) is 1.63. The first-order valence-corrected chi connectivity index (χ1v) is 7.64. The van der Waals surface area contributed by atoms with Crippen molar-refractivity contribution in [3.8, 4) is 0 Å². The lowest BCUT2D eigenvalue weighted by Gasteiger charge is -2.21. The van der Waals surface area contributed by atoms with E-state index in [1.807, 2.05) is 0 Å². The maximum Gasteiger partial charge on any atom is 0.240 e. The average Bonchev–Trinajstić information content (AvgIpc) is 3.09. The smallest absolute Gasteiger partial charge is 0.240 e. The van der Waals surface area contributed by atoms with Crippen molar-refractivity contribution in [1.29, 1.82) is 0 Å². The fraction of sp³-hybridized carbons (Fsp3) is 0.417. The van der Waals surface area contributed by atoms with E-state index in [2.05, 4.69) is 5.32 Å². The fourth-order valence-corrected chi connectivity index (χ4v) is 2.48. The zero-order valence-electron chi connectivity index (χ0n) is 10.2. The molecule has 1 saturated carbocycles. The van der Waals surface area contributed by atoms with Crippen molar-refractivity contribution < 1.29 is 13.2 Å². The number of benzene rings is 1. The molecule has 1 fully saturated rings. The predicted octanol–water partition coefficient (Wildman–Crippen LogP) is 0.731. The number of hydrogen-bond donors (Lipinski definition) is 1. The van der Waals surface area contributed by atoms with Gasteiger partial charge in [0.1, 0.15) is 6.54 Å². The Kier molecular flexibility index (Phi) is 3.56. The summed E-state index contributed by atoms with van der Waals surface area (Å²) in [6.07, 6.45) is 3.07. The van der Waals surface area contributed by atoms with Crippen LogP contribution in [0.1, 0.15) is 12.8 Å². The van der Waals surface area contributed by atoms with Crippen molar-refractivity contribution in [3.63, 3.8) is 0 Å². The van der Waals surface area contributed by atoms with Crippen LogP contribution in [0, 0.1) is 0 Å². The molecule has 0 saturated heterocycles. The van der Waals surface area contributed by atoms with Gasteiger partial charge in [-0.05, 0) is 25.0 Å². The Hall–Kier alpha value is -1.56. The van der Waals surface area contributed by atoms with Crippen LogP contribution in [-0.2, 0) is 14.8 Å². The molecule has 2 rings (SSSR count). The molecule has 0 atom stereocenters. The molecule has 0 heterocycles. The molecule has 0 unspecified atom stereocenters. The monoisotopic (exact) mass is 268 g/mol. The number of amides is 1. The molecule has 0 bridgehead atoms. The predicted molar refractivity (Wildman–Crippen MR) is 69.8 cm³/mol. The van der Waals surface area contributed by atoms with Crippen molar-refractivity contribution in [1.82, 2.24) is 5.32 Å². The minimum atomic E-state index is -3.46. The summed E-state index contributed by atoms with van der Waals surface area (Å²) in [5, 5.41) is 2.78. The van der Waals surface area contributed by atoms with Gasteiger partial charge in [0.05, 0.1) is 11.9 Å². The van der Waals surface area contributed by atoms with Gasteiger partial charge < -0.3 is 5.32 Å². The van der Waals surface area contributed by atoms with Crippen LogP contribution in [0.15, 0.2) is 30.3 Å². The number of anilines is 1. The van der Waals surface area contributed by atoms with Crippen LogP contribution in [0.2, 0.25) is 0 Å². The molecule has 0 spiro atoms. The van der Waals surface area contributed by atoms with Gasteiger partial charge in [-0.3, -0.25) is 9.10 Å². The highest BCUT2D eigenvalue weighted by Crippen LogP contribution is 2.19. The maximum absolute atomic E-state index is 11.7. The van der Waals surface area contributed by atoms with Crippen molar-refractivity contribution >= 4 is 21.6 Å². The molecule has 1 aromatic carbocycles. The number of sulfonamides is 1. The number of nitrogens with zero attached hydrogens (tertiary/aromatic N) is 1. The second kappa shape index (κ2) is 4.97. The van der Waals surface area contributed by atoms with Crippen LogP contribution in [-0.4, -0.2) is 33.2 Å². The number of carbonyl (C=O) groups is 1. The molecule has 0 aliphatic heterocycles. The molecule has 1 amide bonds. The van der Waals surface area contributed by atoms with Crippen LogP contribution >= 0.6 is 0 Å². The second-order valence-electron chi connectivity index (χ2n) is 4.45. The van der Waals surface area contributed by atoms with E-state index in [1.54, 1.807) is 30.3 Å². The van der Waals surface area contributed by atoms with E-state index in [9.17, 15) is 13.2 Å². The average molecular weight is 268 g/mol. The number of carbonyl (C=O) groups excluding carboxylic acids is 1. The van der Waals surface area contributed by atoms with Crippen LogP contribution in [0.3, 0.4) is 0 Å². The molecule has 1 aliphatic rings. The van der Waals surface area contributed by atoms with Gasteiger partial charge >= 0.3 is 0 Å². The number of nitrogens with one attached hydrogen (secondary N) is 1. The minimum Gasteiger partial charge on any atom is -0.352 e. The van der Waals surface area contributed by atoms with Crippen molar-refractivity contribution in [2.75, 3.05) is 17.1 Å². The SMILES string of the molecule is CS(=O)(=O)N(CC(=O)NC1CC1)c1ccccc1. The van der Waals surface area contributed by atoms with E-state index < -0.39 is 10.0 Å². The molecule has 1 aliphatic carbocycles. The van der Waals surface area contributed by atoms with Crippen LogP contribution in [0.4, 0.5) is 5.69 Å². The normalized spacial score (nSPS) is 15.2. The van der Waals surface area contributed by atoms with Gasteiger partial charge in [0, 0.05) is 6.04 Å². The lowest BCUT2D eigenvalue weighted by molar-refractivity contribution is -0.119. The lowest BCUT2D eigenvalue weighted by atomic mass is 10.3. The summed E-state index contributed by atoms with van der Waals surface area (Å²) in [5.41, 5.74) is 0.506. The molecule has 0 radical (unpaired) electrons. The summed E-state index contributed by atoms with van der Waals surface area (Å²) in [4.78, 5) is 11.7. The van der Waals surface area contributed by atoms with E-state index in [0.717, 1.165) is 23.4 Å².